The minimum atomic E-state index is -0.746. The van der Waals surface area contributed by atoms with Gasteiger partial charge in [-0.3, -0.25) is 14.6 Å². The summed E-state index contributed by atoms with van der Waals surface area (Å²) in [5.41, 5.74) is 2.54. The van der Waals surface area contributed by atoms with Gasteiger partial charge in [-0.15, -0.1) is 0 Å². The first-order valence-electron chi connectivity index (χ1n) is 5.53. The fraction of sp³-hybridized carbons (Fsp3) is 0.900. The van der Waals surface area contributed by atoms with Crippen LogP contribution in [0.4, 0.5) is 0 Å². The summed E-state index contributed by atoms with van der Waals surface area (Å²) in [6, 6.07) is 0.214. The van der Waals surface area contributed by atoms with E-state index in [0.717, 1.165) is 13.0 Å². The van der Waals surface area contributed by atoms with Gasteiger partial charge in [0.25, 0.3) is 0 Å². The van der Waals surface area contributed by atoms with Gasteiger partial charge in [-0.25, -0.2) is 5.84 Å². The van der Waals surface area contributed by atoms with E-state index >= 15 is 0 Å². The second-order valence-electron chi connectivity index (χ2n) is 4.34. The van der Waals surface area contributed by atoms with Crippen molar-refractivity contribution in [1.29, 1.82) is 0 Å². The Morgan fingerprint density at radius 1 is 1.44 bits per heavy atom. The summed E-state index contributed by atoms with van der Waals surface area (Å²) >= 11 is 0. The van der Waals surface area contributed by atoms with Gasteiger partial charge in [-0.1, -0.05) is 13.8 Å². The van der Waals surface area contributed by atoms with E-state index in [9.17, 15) is 4.21 Å². The van der Waals surface area contributed by atoms with Crippen LogP contribution in [0.15, 0.2) is 4.99 Å². The highest BCUT2D eigenvalue weighted by Gasteiger charge is 2.05. The smallest absolute Gasteiger partial charge is 0.205 e. The third-order valence-electron chi connectivity index (χ3n) is 1.97. The van der Waals surface area contributed by atoms with Crippen molar-refractivity contribution in [3.05, 3.63) is 0 Å². The summed E-state index contributed by atoms with van der Waals surface area (Å²) in [6.07, 6.45) is 2.55. The molecular formula is C10H24N4OS. The molecule has 16 heavy (non-hydrogen) atoms. The first-order chi connectivity index (χ1) is 7.45. The molecule has 0 spiro atoms. The lowest BCUT2D eigenvalue weighted by molar-refractivity contribution is 0.610. The highest BCUT2D eigenvalue weighted by molar-refractivity contribution is 7.84. The molecule has 0 aliphatic carbocycles. The zero-order valence-electron chi connectivity index (χ0n) is 10.6. The molecule has 0 bridgehead atoms. The van der Waals surface area contributed by atoms with Crippen LogP contribution in [0.5, 0.6) is 0 Å². The molecule has 0 rings (SSSR count). The summed E-state index contributed by atoms with van der Waals surface area (Å²) in [5, 5.41) is 3.16. The van der Waals surface area contributed by atoms with Gasteiger partial charge in [0.1, 0.15) is 0 Å². The van der Waals surface area contributed by atoms with E-state index < -0.39 is 10.8 Å². The van der Waals surface area contributed by atoms with Crippen molar-refractivity contribution in [3.8, 4) is 0 Å². The number of guanidine groups is 1. The molecule has 6 heteroatoms. The summed E-state index contributed by atoms with van der Waals surface area (Å²) in [6.45, 7) is 6.96. The lowest BCUT2D eigenvalue weighted by Crippen LogP contribution is -2.46. The van der Waals surface area contributed by atoms with Crippen LogP contribution in [0.25, 0.3) is 0 Å². The van der Waals surface area contributed by atoms with Crippen molar-refractivity contribution < 1.29 is 4.21 Å². The van der Waals surface area contributed by atoms with Crippen LogP contribution in [0.2, 0.25) is 0 Å². The van der Waals surface area contributed by atoms with Crippen molar-refractivity contribution in [1.82, 2.24) is 10.7 Å². The Morgan fingerprint density at radius 3 is 2.50 bits per heavy atom. The van der Waals surface area contributed by atoms with Crippen molar-refractivity contribution >= 4 is 16.8 Å². The fourth-order valence-electron chi connectivity index (χ4n) is 1.06. The Bertz CT molecular complexity index is 243. The Kier molecular flexibility index (Phi) is 8.19. The van der Waals surface area contributed by atoms with Gasteiger partial charge in [0.15, 0.2) is 0 Å². The van der Waals surface area contributed by atoms with Gasteiger partial charge < -0.3 is 5.32 Å². The summed E-state index contributed by atoms with van der Waals surface area (Å²) < 4.78 is 10.9. The van der Waals surface area contributed by atoms with Crippen LogP contribution in [0.1, 0.15) is 27.2 Å². The molecule has 0 amide bonds. The van der Waals surface area contributed by atoms with E-state index in [1.54, 1.807) is 6.26 Å². The van der Waals surface area contributed by atoms with Crippen LogP contribution in [-0.2, 0) is 10.8 Å². The van der Waals surface area contributed by atoms with Crippen LogP contribution in [0, 0.1) is 5.92 Å². The van der Waals surface area contributed by atoms with Gasteiger partial charge in [0.2, 0.25) is 5.96 Å². The predicted octanol–water partition coefficient (Wildman–Crippen LogP) is 0.208. The summed E-state index contributed by atoms with van der Waals surface area (Å²) in [4.78, 5) is 4.30. The molecular weight excluding hydrogens is 224 g/mol. The molecule has 96 valence electrons. The lowest BCUT2D eigenvalue weighted by Gasteiger charge is -2.16. The SMILES string of the molecule is CC(C)CN=C(NN)NC(C)CCS(C)=O. The second kappa shape index (κ2) is 8.52. The molecule has 0 aromatic carbocycles. The molecule has 0 aromatic heterocycles. The number of hydrazine groups is 1. The zero-order chi connectivity index (χ0) is 12.6. The molecule has 0 heterocycles. The maximum atomic E-state index is 10.9. The molecule has 0 saturated carbocycles. The third kappa shape index (κ3) is 8.67. The average Bonchev–Trinajstić information content (AvgIpc) is 2.20. The minimum absolute atomic E-state index is 0.214. The number of nitrogens with one attached hydrogen (secondary N) is 2. The highest BCUT2D eigenvalue weighted by atomic mass is 32.2. The zero-order valence-corrected chi connectivity index (χ0v) is 11.4. The Labute approximate surface area is 101 Å². The molecule has 2 atom stereocenters. The molecule has 0 radical (unpaired) electrons. The van der Waals surface area contributed by atoms with E-state index in [-0.39, 0.29) is 6.04 Å². The minimum Gasteiger partial charge on any atom is -0.353 e. The molecule has 0 fully saturated rings. The van der Waals surface area contributed by atoms with Gasteiger partial charge in [-0.05, 0) is 19.3 Å². The van der Waals surface area contributed by atoms with Crippen LogP contribution in [0.3, 0.4) is 0 Å². The van der Waals surface area contributed by atoms with Gasteiger partial charge in [0, 0.05) is 35.4 Å². The van der Waals surface area contributed by atoms with E-state index in [2.05, 4.69) is 29.6 Å². The molecule has 0 aliphatic heterocycles. The highest BCUT2D eigenvalue weighted by Crippen LogP contribution is 1.94. The summed E-state index contributed by atoms with van der Waals surface area (Å²) in [7, 11) is -0.746. The van der Waals surface area contributed by atoms with Crippen LogP contribution >= 0.6 is 0 Å². The van der Waals surface area contributed by atoms with Crippen molar-refractivity contribution in [2.75, 3.05) is 18.6 Å². The number of rotatable bonds is 6. The largest absolute Gasteiger partial charge is 0.353 e. The number of hydrogen-bond donors (Lipinski definition) is 3. The van der Waals surface area contributed by atoms with Gasteiger partial charge in [0.05, 0.1) is 0 Å². The Balaban J connectivity index is 4.00. The number of aliphatic imine (C=N–C) groups is 1. The van der Waals surface area contributed by atoms with Gasteiger partial charge in [-0.2, -0.15) is 0 Å². The van der Waals surface area contributed by atoms with E-state index in [1.165, 1.54) is 0 Å². The molecule has 5 nitrogen and oxygen atoms in total. The number of nitrogens with zero attached hydrogens (tertiary/aromatic N) is 1. The van der Waals surface area contributed by atoms with Crippen molar-refractivity contribution in [3.63, 3.8) is 0 Å². The fourth-order valence-corrected chi connectivity index (χ4v) is 1.74. The second-order valence-corrected chi connectivity index (χ2v) is 5.89. The maximum Gasteiger partial charge on any atom is 0.205 e. The topological polar surface area (TPSA) is 79.5 Å². The van der Waals surface area contributed by atoms with Crippen molar-refractivity contribution in [2.24, 2.45) is 16.8 Å². The number of nitrogens with two attached hydrogens (primary N) is 1. The predicted molar refractivity (Wildman–Crippen MR) is 70.6 cm³/mol. The molecule has 0 aromatic rings. The average molecular weight is 248 g/mol. The summed E-state index contributed by atoms with van der Waals surface area (Å²) in [5.74, 6) is 7.15. The maximum absolute atomic E-state index is 10.9. The Morgan fingerprint density at radius 2 is 2.06 bits per heavy atom. The lowest BCUT2D eigenvalue weighted by atomic mass is 10.2. The third-order valence-corrected chi connectivity index (χ3v) is 2.78. The van der Waals surface area contributed by atoms with Crippen LogP contribution in [-0.4, -0.2) is 34.8 Å². The molecule has 4 N–H and O–H groups in total. The normalized spacial score (nSPS) is 16.0. The van der Waals surface area contributed by atoms with Gasteiger partial charge >= 0.3 is 0 Å². The van der Waals surface area contributed by atoms with E-state index in [0.29, 0.717) is 17.6 Å². The molecule has 0 saturated heterocycles. The standard InChI is InChI=1S/C10H24N4OS/c1-8(2)7-12-10(14-11)13-9(3)5-6-16(4)15/h8-9H,5-7,11H2,1-4H3,(H2,12,13,14). The number of hydrogen-bond acceptors (Lipinski definition) is 3. The van der Waals surface area contributed by atoms with E-state index in [4.69, 9.17) is 5.84 Å². The molecule has 2 unspecified atom stereocenters. The quantitative estimate of drug-likeness (QED) is 0.272. The first-order valence-corrected chi connectivity index (χ1v) is 7.26. The monoisotopic (exact) mass is 248 g/mol. The van der Waals surface area contributed by atoms with E-state index in [1.807, 2.05) is 6.92 Å². The van der Waals surface area contributed by atoms with Crippen molar-refractivity contribution in [2.45, 2.75) is 33.2 Å². The van der Waals surface area contributed by atoms with Crippen LogP contribution < -0.4 is 16.6 Å². The first kappa shape index (κ1) is 15.4. The molecule has 0 aliphatic rings. The Hall–Kier alpha value is -0.620.